The molecule has 0 spiro atoms. The van der Waals surface area contributed by atoms with E-state index in [1.165, 1.54) is 17.4 Å². The Bertz CT molecular complexity index is 1580. The summed E-state index contributed by atoms with van der Waals surface area (Å²) in [6.45, 7) is 1.85. The van der Waals surface area contributed by atoms with Crippen LogP contribution in [0.5, 0.6) is 5.75 Å². The zero-order valence-electron chi connectivity index (χ0n) is 19.7. The summed E-state index contributed by atoms with van der Waals surface area (Å²) < 4.78 is 0. The molecule has 0 saturated heterocycles. The quantitative estimate of drug-likeness (QED) is 0.156. The molecule has 0 unspecified atom stereocenters. The van der Waals surface area contributed by atoms with Gasteiger partial charge in [0.1, 0.15) is 5.75 Å². The third-order valence-electron chi connectivity index (χ3n) is 5.38. The van der Waals surface area contributed by atoms with Crippen LogP contribution in [-0.4, -0.2) is 28.5 Å². The molecule has 0 fully saturated rings. The highest BCUT2D eigenvalue weighted by atomic mass is 35.5. The van der Waals surface area contributed by atoms with E-state index in [1.54, 1.807) is 60.8 Å². The predicted molar refractivity (Wildman–Crippen MR) is 152 cm³/mol. The van der Waals surface area contributed by atoms with Crippen LogP contribution in [0.15, 0.2) is 65.1 Å². The molecule has 5 N–H and O–H groups in total. The predicted octanol–water partition coefficient (Wildman–Crippen LogP) is 5.67. The fraction of sp³-hybridized carbons (Fsp3) is 0.0769. The van der Waals surface area contributed by atoms with Crippen LogP contribution in [0.3, 0.4) is 0 Å². The average molecular weight is 588 g/mol. The second-order valence-corrected chi connectivity index (χ2v) is 10.8. The van der Waals surface area contributed by atoms with Gasteiger partial charge in [-0.1, -0.05) is 41.4 Å². The third-order valence-corrected chi connectivity index (χ3v) is 8.22. The van der Waals surface area contributed by atoms with Crippen molar-refractivity contribution in [1.29, 1.82) is 0 Å². The first kappa shape index (κ1) is 27.3. The van der Waals surface area contributed by atoms with Crippen molar-refractivity contribution in [3.63, 3.8) is 0 Å². The molecule has 0 saturated carbocycles. The molecule has 12 heteroatoms. The molecule has 2 heterocycles. The summed E-state index contributed by atoms with van der Waals surface area (Å²) in [4.78, 5) is 37.7. The molecule has 0 aliphatic rings. The Labute approximate surface area is 235 Å². The number of primary amides is 1. The number of rotatable bonds is 8. The molecule has 4 rings (SSSR count). The molecule has 8 nitrogen and oxygen atoms in total. The van der Waals surface area contributed by atoms with Gasteiger partial charge in [-0.2, -0.15) is 5.10 Å². The number of nitrogens with zero attached hydrogens (tertiary/aromatic N) is 1. The lowest BCUT2D eigenvalue weighted by Gasteiger charge is -2.05. The molecule has 3 amide bonds. The van der Waals surface area contributed by atoms with Gasteiger partial charge in [0.15, 0.2) is 0 Å². The maximum Gasteiger partial charge on any atom is 0.281 e. The first-order chi connectivity index (χ1) is 18.1. The van der Waals surface area contributed by atoms with Crippen molar-refractivity contribution in [1.82, 2.24) is 10.7 Å². The molecule has 2 aromatic carbocycles. The number of hydrogen-bond donors (Lipinski definition) is 4. The van der Waals surface area contributed by atoms with Gasteiger partial charge in [0.2, 0.25) is 5.91 Å². The van der Waals surface area contributed by atoms with Crippen LogP contribution in [-0.2, 0) is 6.54 Å². The number of hydrogen-bond acceptors (Lipinski definition) is 7. The number of benzene rings is 2. The lowest BCUT2D eigenvalue weighted by molar-refractivity contribution is 0.0950. The SMILES string of the molecule is CC(=NNC(=O)c1ccc(C(=O)NCc2cccc(C(N)=O)c2)s1)c1csc(-c2ccc(Cl)c(Cl)c2)c1O. The van der Waals surface area contributed by atoms with Crippen LogP contribution in [0.25, 0.3) is 10.4 Å². The van der Waals surface area contributed by atoms with Crippen LogP contribution < -0.4 is 16.5 Å². The molecule has 0 aliphatic carbocycles. The number of amides is 3. The van der Waals surface area contributed by atoms with Crippen molar-refractivity contribution in [2.75, 3.05) is 0 Å². The Hall–Kier alpha value is -3.70. The minimum absolute atomic E-state index is 0.0142. The van der Waals surface area contributed by atoms with Crippen molar-refractivity contribution < 1.29 is 19.5 Å². The number of carbonyl (C=O) groups excluding carboxylic acids is 3. The van der Waals surface area contributed by atoms with Crippen LogP contribution in [0.1, 0.15) is 47.8 Å². The largest absolute Gasteiger partial charge is 0.506 e. The summed E-state index contributed by atoms with van der Waals surface area (Å²) in [7, 11) is 0. The van der Waals surface area contributed by atoms with E-state index in [4.69, 9.17) is 28.9 Å². The second-order valence-electron chi connectivity index (χ2n) is 8.01. The monoisotopic (exact) mass is 586 g/mol. The Kier molecular flexibility index (Phi) is 8.48. The van der Waals surface area contributed by atoms with Crippen molar-refractivity contribution in [2.45, 2.75) is 13.5 Å². The molecule has 0 atom stereocenters. The number of nitrogens with one attached hydrogen (secondary N) is 2. The van der Waals surface area contributed by atoms with E-state index in [9.17, 15) is 19.5 Å². The lowest BCUT2D eigenvalue weighted by atomic mass is 10.1. The van der Waals surface area contributed by atoms with Crippen molar-refractivity contribution >= 4 is 69.3 Å². The minimum atomic E-state index is -0.550. The van der Waals surface area contributed by atoms with Gasteiger partial charge in [0.05, 0.1) is 36.0 Å². The summed E-state index contributed by atoms with van der Waals surface area (Å²) in [5.41, 5.74) is 10.4. The molecule has 0 aliphatic heterocycles. The number of hydrazone groups is 1. The van der Waals surface area contributed by atoms with E-state index in [-0.39, 0.29) is 23.1 Å². The van der Waals surface area contributed by atoms with Crippen LogP contribution in [0, 0.1) is 0 Å². The van der Waals surface area contributed by atoms with E-state index < -0.39 is 11.8 Å². The molecule has 0 radical (unpaired) electrons. The van der Waals surface area contributed by atoms with Gasteiger partial charge >= 0.3 is 0 Å². The second kappa shape index (κ2) is 11.8. The normalized spacial score (nSPS) is 11.3. The van der Waals surface area contributed by atoms with Gasteiger partial charge in [-0.15, -0.1) is 22.7 Å². The highest BCUT2D eigenvalue weighted by molar-refractivity contribution is 7.16. The van der Waals surface area contributed by atoms with E-state index in [1.807, 2.05) is 0 Å². The van der Waals surface area contributed by atoms with Crippen LogP contribution >= 0.6 is 45.9 Å². The Morgan fingerprint density at radius 2 is 1.74 bits per heavy atom. The fourth-order valence-electron chi connectivity index (χ4n) is 3.39. The lowest BCUT2D eigenvalue weighted by Crippen LogP contribution is -2.22. The summed E-state index contributed by atoms with van der Waals surface area (Å²) in [5.74, 6) is -1.40. The Morgan fingerprint density at radius 1 is 1.00 bits per heavy atom. The fourth-order valence-corrected chi connectivity index (χ4v) is 5.50. The summed E-state index contributed by atoms with van der Waals surface area (Å²) in [5, 5.41) is 20.1. The summed E-state index contributed by atoms with van der Waals surface area (Å²) in [6.07, 6.45) is 0. The maximum atomic E-state index is 12.6. The number of carbonyl (C=O) groups is 3. The van der Waals surface area contributed by atoms with E-state index >= 15 is 0 Å². The highest BCUT2D eigenvalue weighted by Crippen LogP contribution is 2.40. The maximum absolute atomic E-state index is 12.6. The Morgan fingerprint density at radius 3 is 2.45 bits per heavy atom. The van der Waals surface area contributed by atoms with Gasteiger partial charge in [-0.3, -0.25) is 14.4 Å². The van der Waals surface area contributed by atoms with Gasteiger partial charge in [-0.05, 0) is 54.4 Å². The van der Waals surface area contributed by atoms with E-state index in [2.05, 4.69) is 15.8 Å². The van der Waals surface area contributed by atoms with Crippen molar-refractivity contribution in [3.8, 4) is 16.2 Å². The summed E-state index contributed by atoms with van der Waals surface area (Å²) >= 11 is 14.4. The number of thiophene rings is 2. The molecule has 4 aromatic rings. The Balaban J connectivity index is 1.38. The third kappa shape index (κ3) is 6.22. The van der Waals surface area contributed by atoms with Crippen molar-refractivity contribution in [2.24, 2.45) is 10.8 Å². The first-order valence-corrected chi connectivity index (χ1v) is 13.5. The number of nitrogens with two attached hydrogens (primary N) is 1. The number of aromatic hydroxyl groups is 1. The summed E-state index contributed by atoms with van der Waals surface area (Å²) in [6, 6.07) is 14.8. The molecule has 38 heavy (non-hydrogen) atoms. The average Bonchev–Trinajstić information content (AvgIpc) is 3.55. The zero-order valence-corrected chi connectivity index (χ0v) is 22.9. The van der Waals surface area contributed by atoms with Gasteiger partial charge in [0, 0.05) is 17.5 Å². The number of halogens is 2. The van der Waals surface area contributed by atoms with Crippen molar-refractivity contribution in [3.05, 3.63) is 96.5 Å². The van der Waals surface area contributed by atoms with E-state index in [0.29, 0.717) is 47.8 Å². The minimum Gasteiger partial charge on any atom is -0.506 e. The molecular weight excluding hydrogens is 567 g/mol. The first-order valence-electron chi connectivity index (χ1n) is 11.0. The zero-order chi connectivity index (χ0) is 27.4. The van der Waals surface area contributed by atoms with E-state index in [0.717, 1.165) is 11.3 Å². The van der Waals surface area contributed by atoms with Gasteiger partial charge in [0.25, 0.3) is 11.8 Å². The molecule has 0 bridgehead atoms. The standard InChI is InChI=1S/C26H20Cl2N4O4S2/c1-13(17-12-37-23(22(17)33)15-5-6-18(27)19(28)10-15)31-32-26(36)21-8-7-20(38-21)25(35)30-11-14-3-2-4-16(9-14)24(29)34/h2-10,12,33H,11H2,1H3,(H2,29,34)(H,30,35)(H,32,36). The highest BCUT2D eigenvalue weighted by Gasteiger charge is 2.17. The van der Waals surface area contributed by atoms with Crippen LogP contribution in [0.4, 0.5) is 0 Å². The smallest absolute Gasteiger partial charge is 0.281 e. The van der Waals surface area contributed by atoms with Gasteiger partial charge in [-0.25, -0.2) is 5.43 Å². The molecule has 194 valence electrons. The van der Waals surface area contributed by atoms with Gasteiger partial charge < -0.3 is 16.2 Å². The molecular formula is C26H20Cl2N4O4S2. The molecule has 2 aromatic heterocycles. The topological polar surface area (TPSA) is 134 Å². The van der Waals surface area contributed by atoms with Crippen LogP contribution in [0.2, 0.25) is 10.0 Å².